The maximum Gasteiger partial charge on any atom is 0.340 e. The Bertz CT molecular complexity index is 810. The number of anilines is 1. The van der Waals surface area contributed by atoms with E-state index in [0.717, 1.165) is 6.07 Å². The predicted molar refractivity (Wildman–Crippen MR) is 87.3 cm³/mol. The molecule has 1 amide bonds. The largest absolute Gasteiger partial charge is 0.454 e. The first-order chi connectivity index (χ1) is 11.4. The number of carbonyl (C=O) groups excluding carboxylic acids is 3. The van der Waals surface area contributed by atoms with Crippen molar-refractivity contribution >= 4 is 39.3 Å². The number of amides is 1. The minimum absolute atomic E-state index is 0.165. The molecule has 0 aliphatic rings. The fraction of sp³-hybridized carbons (Fsp3) is 0.125. The molecular formula is C16H12BrFN2O4. The Balaban J connectivity index is 2.02. The molecule has 0 bridgehead atoms. The molecule has 124 valence electrons. The number of halogens is 2. The highest BCUT2D eigenvalue weighted by Gasteiger charge is 2.16. The number of pyridine rings is 1. The van der Waals surface area contributed by atoms with Gasteiger partial charge in [0, 0.05) is 29.5 Å². The van der Waals surface area contributed by atoms with Crippen LogP contribution in [0, 0.1) is 5.82 Å². The van der Waals surface area contributed by atoms with Crippen LogP contribution in [-0.4, -0.2) is 29.3 Å². The van der Waals surface area contributed by atoms with Crippen LogP contribution in [-0.2, 0) is 9.53 Å². The first-order valence-corrected chi connectivity index (χ1v) is 7.54. The number of aromatic nitrogens is 1. The van der Waals surface area contributed by atoms with Crippen molar-refractivity contribution in [2.75, 3.05) is 11.9 Å². The number of esters is 1. The summed E-state index contributed by atoms with van der Waals surface area (Å²) in [4.78, 5) is 38.5. The molecule has 0 fully saturated rings. The van der Waals surface area contributed by atoms with Gasteiger partial charge in [0.1, 0.15) is 5.82 Å². The summed E-state index contributed by atoms with van der Waals surface area (Å²) in [6, 6.07) is 5.12. The zero-order valence-electron chi connectivity index (χ0n) is 12.5. The van der Waals surface area contributed by atoms with Crippen LogP contribution in [0.1, 0.15) is 27.6 Å². The van der Waals surface area contributed by atoms with Crippen LogP contribution in [0.3, 0.4) is 0 Å². The van der Waals surface area contributed by atoms with Crippen molar-refractivity contribution < 1.29 is 23.5 Å². The molecule has 8 heteroatoms. The maximum atomic E-state index is 13.9. The summed E-state index contributed by atoms with van der Waals surface area (Å²) in [6.07, 6.45) is 2.79. The highest BCUT2D eigenvalue weighted by Crippen LogP contribution is 2.16. The number of benzene rings is 1. The van der Waals surface area contributed by atoms with Crippen LogP contribution in [0.2, 0.25) is 0 Å². The molecule has 0 radical (unpaired) electrons. The lowest BCUT2D eigenvalue weighted by Gasteiger charge is -2.07. The van der Waals surface area contributed by atoms with Crippen molar-refractivity contribution in [3.8, 4) is 0 Å². The third kappa shape index (κ3) is 4.69. The number of ether oxygens (including phenoxy) is 1. The molecule has 1 aromatic carbocycles. The summed E-state index contributed by atoms with van der Waals surface area (Å²) in [5.74, 6) is -2.61. The van der Waals surface area contributed by atoms with Crippen molar-refractivity contribution in [2.45, 2.75) is 6.92 Å². The van der Waals surface area contributed by atoms with Gasteiger partial charge >= 0.3 is 5.97 Å². The minimum Gasteiger partial charge on any atom is -0.454 e. The van der Waals surface area contributed by atoms with Gasteiger partial charge in [-0.15, -0.1) is 0 Å². The predicted octanol–water partition coefficient (Wildman–Crippen LogP) is 2.98. The lowest BCUT2D eigenvalue weighted by Crippen LogP contribution is -2.16. The van der Waals surface area contributed by atoms with Gasteiger partial charge in [0.05, 0.1) is 11.1 Å². The van der Waals surface area contributed by atoms with Gasteiger partial charge in [0.15, 0.2) is 6.61 Å². The summed E-state index contributed by atoms with van der Waals surface area (Å²) >= 11 is 3.16. The topological polar surface area (TPSA) is 85.4 Å². The average molecular weight is 395 g/mol. The molecule has 24 heavy (non-hydrogen) atoms. The molecule has 0 saturated heterocycles. The zero-order valence-corrected chi connectivity index (χ0v) is 14.1. The first-order valence-electron chi connectivity index (χ1n) is 6.75. The van der Waals surface area contributed by atoms with E-state index in [1.54, 1.807) is 0 Å². The highest BCUT2D eigenvalue weighted by molar-refractivity contribution is 9.10. The standard InChI is InChI=1S/C16H12BrFN2O4/c1-9(21)20-12-2-3-13(14(18)5-12)15(22)8-24-16(23)10-4-11(17)7-19-6-10/h2-7H,8H2,1H3,(H,20,21). The van der Waals surface area contributed by atoms with Crippen LogP contribution in [0.5, 0.6) is 0 Å². The van der Waals surface area contributed by atoms with Gasteiger partial charge in [-0.2, -0.15) is 0 Å². The number of Topliss-reactive ketones (excluding diaryl/α,β-unsaturated/α-hetero) is 1. The quantitative estimate of drug-likeness (QED) is 0.622. The second kappa shape index (κ2) is 7.78. The van der Waals surface area contributed by atoms with E-state index >= 15 is 0 Å². The SMILES string of the molecule is CC(=O)Nc1ccc(C(=O)COC(=O)c2cncc(Br)c2)c(F)c1. The maximum absolute atomic E-state index is 13.9. The van der Waals surface area contributed by atoms with E-state index < -0.39 is 24.2 Å². The Hall–Kier alpha value is -2.61. The van der Waals surface area contributed by atoms with E-state index in [1.165, 1.54) is 37.5 Å². The summed E-state index contributed by atoms with van der Waals surface area (Å²) in [5.41, 5.74) is 0.164. The van der Waals surface area contributed by atoms with Crippen molar-refractivity contribution in [3.63, 3.8) is 0 Å². The molecule has 0 aliphatic heterocycles. The van der Waals surface area contributed by atoms with Gasteiger partial charge in [-0.3, -0.25) is 14.6 Å². The zero-order chi connectivity index (χ0) is 17.7. The van der Waals surface area contributed by atoms with Crippen molar-refractivity contribution in [2.24, 2.45) is 0 Å². The van der Waals surface area contributed by atoms with E-state index in [0.29, 0.717) is 4.47 Å². The molecule has 6 nitrogen and oxygen atoms in total. The van der Waals surface area contributed by atoms with Gasteiger partial charge in [-0.1, -0.05) is 0 Å². The Morgan fingerprint density at radius 1 is 1.25 bits per heavy atom. The molecule has 2 rings (SSSR count). The first kappa shape index (κ1) is 17.7. The Labute approximate surface area is 145 Å². The summed E-state index contributed by atoms with van der Waals surface area (Å²) in [7, 11) is 0. The number of nitrogens with one attached hydrogen (secondary N) is 1. The molecule has 0 spiro atoms. The second-order valence-corrected chi connectivity index (χ2v) is 5.68. The van der Waals surface area contributed by atoms with Crippen LogP contribution < -0.4 is 5.32 Å². The van der Waals surface area contributed by atoms with E-state index in [2.05, 4.69) is 26.2 Å². The molecule has 1 aromatic heterocycles. The lowest BCUT2D eigenvalue weighted by molar-refractivity contribution is -0.114. The van der Waals surface area contributed by atoms with Gasteiger partial charge in [0.2, 0.25) is 11.7 Å². The number of hydrogen-bond donors (Lipinski definition) is 1. The van der Waals surface area contributed by atoms with Crippen molar-refractivity contribution in [1.82, 2.24) is 4.98 Å². The Kier molecular flexibility index (Phi) is 5.75. The fourth-order valence-corrected chi connectivity index (χ4v) is 2.20. The highest BCUT2D eigenvalue weighted by atomic mass is 79.9. The molecule has 2 aromatic rings. The number of carbonyl (C=O) groups is 3. The summed E-state index contributed by atoms with van der Waals surface area (Å²) in [6.45, 7) is 0.676. The molecule has 1 N–H and O–H groups in total. The number of ketones is 1. The number of rotatable bonds is 5. The molecule has 1 heterocycles. The number of nitrogens with zero attached hydrogens (tertiary/aromatic N) is 1. The third-order valence-corrected chi connectivity index (χ3v) is 3.30. The Morgan fingerprint density at radius 2 is 2.00 bits per heavy atom. The van der Waals surface area contributed by atoms with E-state index in [4.69, 9.17) is 4.74 Å². The third-order valence-electron chi connectivity index (χ3n) is 2.86. The van der Waals surface area contributed by atoms with Gasteiger partial charge in [-0.25, -0.2) is 9.18 Å². The van der Waals surface area contributed by atoms with Crippen LogP contribution in [0.15, 0.2) is 41.1 Å². The van der Waals surface area contributed by atoms with Crippen LogP contribution in [0.4, 0.5) is 10.1 Å². The van der Waals surface area contributed by atoms with Gasteiger partial charge < -0.3 is 10.1 Å². The van der Waals surface area contributed by atoms with Crippen molar-refractivity contribution in [1.29, 1.82) is 0 Å². The van der Waals surface area contributed by atoms with Crippen LogP contribution >= 0.6 is 15.9 Å². The fourth-order valence-electron chi connectivity index (χ4n) is 1.84. The average Bonchev–Trinajstić information content (AvgIpc) is 2.51. The van der Waals surface area contributed by atoms with E-state index in [9.17, 15) is 18.8 Å². The van der Waals surface area contributed by atoms with Gasteiger partial charge in [0.25, 0.3) is 0 Å². The molecule has 0 atom stereocenters. The monoisotopic (exact) mass is 394 g/mol. The Morgan fingerprint density at radius 3 is 2.62 bits per heavy atom. The molecule has 0 saturated carbocycles. The lowest BCUT2D eigenvalue weighted by atomic mass is 10.1. The minimum atomic E-state index is -0.813. The van der Waals surface area contributed by atoms with Gasteiger partial charge in [-0.05, 0) is 40.2 Å². The molecular weight excluding hydrogens is 383 g/mol. The molecule has 0 aliphatic carbocycles. The van der Waals surface area contributed by atoms with Crippen LogP contribution in [0.25, 0.3) is 0 Å². The summed E-state index contributed by atoms with van der Waals surface area (Å²) < 4.78 is 19.4. The normalized spacial score (nSPS) is 10.1. The van der Waals surface area contributed by atoms with E-state index in [1.807, 2.05) is 0 Å². The van der Waals surface area contributed by atoms with Crippen molar-refractivity contribution in [3.05, 3.63) is 58.1 Å². The van der Waals surface area contributed by atoms with E-state index in [-0.39, 0.29) is 22.7 Å². The molecule has 0 unspecified atom stereocenters. The second-order valence-electron chi connectivity index (χ2n) is 4.77. The smallest absolute Gasteiger partial charge is 0.340 e. The number of hydrogen-bond acceptors (Lipinski definition) is 5. The summed E-state index contributed by atoms with van der Waals surface area (Å²) in [5, 5.41) is 2.40.